The minimum Gasteiger partial charge on any atom is -0.374 e. The first kappa shape index (κ1) is 15.6. The summed E-state index contributed by atoms with van der Waals surface area (Å²) in [6.07, 6.45) is 3.54. The molecule has 0 saturated carbocycles. The predicted octanol–water partition coefficient (Wildman–Crippen LogP) is 4.46. The maximum absolute atomic E-state index is 5.92. The summed E-state index contributed by atoms with van der Waals surface area (Å²) < 4.78 is 5.43. The van der Waals surface area contributed by atoms with Gasteiger partial charge in [0, 0.05) is 43.5 Å². The first-order valence-corrected chi connectivity index (χ1v) is 7.94. The smallest absolute Gasteiger partial charge is 0.137 e. The van der Waals surface area contributed by atoms with Crippen LogP contribution in [-0.4, -0.2) is 23.7 Å². The lowest BCUT2D eigenvalue weighted by molar-refractivity contribution is 0.383. The number of anilines is 1. The zero-order valence-corrected chi connectivity index (χ0v) is 13.7. The summed E-state index contributed by atoms with van der Waals surface area (Å²) >= 11 is 5.92. The van der Waals surface area contributed by atoms with E-state index in [-0.39, 0.29) is 0 Å². The summed E-state index contributed by atoms with van der Waals surface area (Å²) in [5.41, 5.74) is 3.02. The number of pyridine rings is 1. The van der Waals surface area contributed by atoms with Gasteiger partial charge in [-0.1, -0.05) is 47.1 Å². The predicted molar refractivity (Wildman–Crippen MR) is 92.8 cm³/mol. The Morgan fingerprint density at radius 3 is 2.74 bits per heavy atom. The average Bonchev–Trinajstić information content (AvgIpc) is 3.04. The zero-order chi connectivity index (χ0) is 16.1. The summed E-state index contributed by atoms with van der Waals surface area (Å²) in [6, 6.07) is 15.9. The molecule has 0 fully saturated rings. The number of rotatable bonds is 6. The Bertz CT molecular complexity index is 758. The number of halogens is 1. The number of benzene rings is 1. The molecule has 0 aliphatic heterocycles. The van der Waals surface area contributed by atoms with E-state index in [4.69, 9.17) is 16.1 Å². The van der Waals surface area contributed by atoms with Crippen LogP contribution in [0.2, 0.25) is 5.15 Å². The summed E-state index contributed by atoms with van der Waals surface area (Å²) in [4.78, 5) is 6.15. The fourth-order valence-electron chi connectivity index (χ4n) is 2.43. The van der Waals surface area contributed by atoms with Crippen molar-refractivity contribution < 1.29 is 4.52 Å². The second-order valence-corrected chi connectivity index (χ2v) is 5.79. The van der Waals surface area contributed by atoms with Gasteiger partial charge in [0.2, 0.25) is 0 Å². The Balaban J connectivity index is 1.54. The molecule has 3 rings (SSSR count). The van der Waals surface area contributed by atoms with Crippen molar-refractivity contribution >= 4 is 17.3 Å². The molecular formula is C18H18ClN3O. The highest BCUT2D eigenvalue weighted by molar-refractivity contribution is 6.29. The molecule has 23 heavy (non-hydrogen) atoms. The first-order valence-electron chi connectivity index (χ1n) is 7.56. The third kappa shape index (κ3) is 4.11. The molecular weight excluding hydrogens is 310 g/mol. The Morgan fingerprint density at radius 2 is 1.96 bits per heavy atom. The number of aryl methyl sites for hydroxylation is 1. The molecule has 0 bridgehead atoms. The van der Waals surface area contributed by atoms with Gasteiger partial charge in [-0.2, -0.15) is 0 Å². The summed E-state index contributed by atoms with van der Waals surface area (Å²) in [7, 11) is 2.04. The molecule has 0 unspecified atom stereocenters. The Morgan fingerprint density at radius 1 is 1.13 bits per heavy atom. The second-order valence-electron chi connectivity index (χ2n) is 5.41. The minimum absolute atomic E-state index is 0.511. The van der Waals surface area contributed by atoms with Crippen LogP contribution in [0.3, 0.4) is 0 Å². The van der Waals surface area contributed by atoms with Crippen molar-refractivity contribution in [2.45, 2.75) is 12.8 Å². The van der Waals surface area contributed by atoms with Gasteiger partial charge in [-0.05, 0) is 18.6 Å². The highest BCUT2D eigenvalue weighted by atomic mass is 35.5. The topological polar surface area (TPSA) is 42.2 Å². The third-order valence-corrected chi connectivity index (χ3v) is 3.90. The standard InChI is InChI=1S/C18H18ClN3O/c1-22(15-9-10-20-18(19)12-15)11-5-8-16-13-17(21-23-16)14-6-3-2-4-7-14/h2-4,6-7,9-10,12-13H,5,8,11H2,1H3. The third-order valence-electron chi connectivity index (χ3n) is 3.70. The Kier molecular flexibility index (Phi) is 4.93. The van der Waals surface area contributed by atoms with Crippen LogP contribution in [0, 0.1) is 0 Å². The molecule has 2 heterocycles. The molecule has 0 N–H and O–H groups in total. The van der Waals surface area contributed by atoms with Gasteiger partial charge in [0.05, 0.1) is 0 Å². The molecule has 5 heteroatoms. The van der Waals surface area contributed by atoms with Crippen molar-refractivity contribution in [1.29, 1.82) is 0 Å². The number of hydrogen-bond acceptors (Lipinski definition) is 4. The van der Waals surface area contributed by atoms with Gasteiger partial charge in [0.1, 0.15) is 16.6 Å². The van der Waals surface area contributed by atoms with Gasteiger partial charge in [-0.25, -0.2) is 4.98 Å². The van der Waals surface area contributed by atoms with Crippen LogP contribution in [0.5, 0.6) is 0 Å². The van der Waals surface area contributed by atoms with Crippen LogP contribution in [-0.2, 0) is 6.42 Å². The molecule has 3 aromatic rings. The largest absolute Gasteiger partial charge is 0.374 e. The Hall–Kier alpha value is -2.33. The van der Waals surface area contributed by atoms with Gasteiger partial charge in [0.15, 0.2) is 0 Å². The van der Waals surface area contributed by atoms with Gasteiger partial charge in [0.25, 0.3) is 0 Å². The van der Waals surface area contributed by atoms with E-state index in [1.807, 2.05) is 55.6 Å². The first-order chi connectivity index (χ1) is 11.2. The van der Waals surface area contributed by atoms with E-state index < -0.39 is 0 Å². The van der Waals surface area contributed by atoms with Gasteiger partial charge < -0.3 is 9.42 Å². The maximum Gasteiger partial charge on any atom is 0.137 e. The van der Waals surface area contributed by atoms with E-state index in [1.54, 1.807) is 6.20 Å². The quantitative estimate of drug-likeness (QED) is 0.627. The number of hydrogen-bond donors (Lipinski definition) is 0. The molecule has 0 atom stereocenters. The number of aromatic nitrogens is 2. The molecule has 0 aliphatic rings. The van der Waals surface area contributed by atoms with Crippen molar-refractivity contribution in [3.63, 3.8) is 0 Å². The van der Waals surface area contributed by atoms with E-state index in [9.17, 15) is 0 Å². The molecule has 2 aromatic heterocycles. The molecule has 4 nitrogen and oxygen atoms in total. The van der Waals surface area contributed by atoms with Crippen molar-refractivity contribution in [1.82, 2.24) is 10.1 Å². The van der Waals surface area contributed by atoms with Crippen LogP contribution in [0.25, 0.3) is 11.3 Å². The van der Waals surface area contributed by atoms with Crippen LogP contribution >= 0.6 is 11.6 Å². The summed E-state index contributed by atoms with van der Waals surface area (Å²) in [6.45, 7) is 0.904. The Labute approximate surface area is 140 Å². The minimum atomic E-state index is 0.511. The zero-order valence-electron chi connectivity index (χ0n) is 12.9. The van der Waals surface area contributed by atoms with Crippen LogP contribution in [0.4, 0.5) is 5.69 Å². The molecule has 0 radical (unpaired) electrons. The lowest BCUT2D eigenvalue weighted by atomic mass is 10.1. The van der Waals surface area contributed by atoms with E-state index in [0.717, 1.165) is 42.1 Å². The maximum atomic E-state index is 5.92. The molecule has 0 spiro atoms. The lowest BCUT2D eigenvalue weighted by Crippen LogP contribution is -2.18. The van der Waals surface area contributed by atoms with Crippen LogP contribution in [0.1, 0.15) is 12.2 Å². The fourth-order valence-corrected chi connectivity index (χ4v) is 2.59. The van der Waals surface area contributed by atoms with E-state index in [1.165, 1.54) is 0 Å². The average molecular weight is 328 g/mol. The summed E-state index contributed by atoms with van der Waals surface area (Å²) in [5, 5.41) is 4.65. The molecule has 0 aliphatic carbocycles. The SMILES string of the molecule is CN(CCCc1cc(-c2ccccc2)no1)c1ccnc(Cl)c1. The highest BCUT2D eigenvalue weighted by Gasteiger charge is 2.07. The van der Waals surface area contributed by atoms with Gasteiger partial charge in [-0.15, -0.1) is 0 Å². The van der Waals surface area contributed by atoms with E-state index >= 15 is 0 Å². The molecule has 1 aromatic carbocycles. The molecule has 0 saturated heterocycles. The van der Waals surface area contributed by atoms with Gasteiger partial charge >= 0.3 is 0 Å². The molecule has 0 amide bonds. The van der Waals surface area contributed by atoms with Crippen molar-refractivity contribution in [2.24, 2.45) is 0 Å². The van der Waals surface area contributed by atoms with Crippen molar-refractivity contribution in [3.8, 4) is 11.3 Å². The van der Waals surface area contributed by atoms with E-state index in [2.05, 4.69) is 15.0 Å². The fraction of sp³-hybridized carbons (Fsp3) is 0.222. The lowest BCUT2D eigenvalue weighted by Gasteiger charge is -2.18. The van der Waals surface area contributed by atoms with Crippen molar-refractivity contribution in [2.75, 3.05) is 18.5 Å². The summed E-state index contributed by atoms with van der Waals surface area (Å²) in [5.74, 6) is 0.907. The second kappa shape index (κ2) is 7.29. The van der Waals surface area contributed by atoms with E-state index in [0.29, 0.717) is 5.15 Å². The monoisotopic (exact) mass is 327 g/mol. The normalized spacial score (nSPS) is 10.7. The molecule has 118 valence electrons. The van der Waals surface area contributed by atoms with Crippen molar-refractivity contribution in [3.05, 3.63) is 65.6 Å². The van der Waals surface area contributed by atoms with Crippen LogP contribution < -0.4 is 4.90 Å². The highest BCUT2D eigenvalue weighted by Crippen LogP contribution is 2.20. The number of nitrogens with zero attached hydrogens (tertiary/aromatic N) is 3. The van der Waals surface area contributed by atoms with Gasteiger partial charge in [-0.3, -0.25) is 0 Å². The van der Waals surface area contributed by atoms with Crippen LogP contribution in [0.15, 0.2) is 59.3 Å².